The molecule has 17 heavy (non-hydrogen) atoms. The monoisotopic (exact) mass is 275 g/mol. The molecule has 0 saturated heterocycles. The Hall–Kier alpha value is -0.810. The van der Waals surface area contributed by atoms with Crippen molar-refractivity contribution in [2.45, 2.75) is 18.1 Å². The van der Waals surface area contributed by atoms with Crippen molar-refractivity contribution in [3.63, 3.8) is 0 Å². The molecule has 0 spiro atoms. The van der Waals surface area contributed by atoms with Crippen LogP contribution < -0.4 is 5.32 Å². The van der Waals surface area contributed by atoms with E-state index in [0.717, 1.165) is 5.56 Å². The molecule has 7 heteroatoms. The minimum atomic E-state index is -4.67. The largest absolute Gasteiger partial charge is 0.413 e. The highest BCUT2D eigenvalue weighted by atomic mass is 32.2. The van der Waals surface area contributed by atoms with Crippen LogP contribution in [0.15, 0.2) is 30.3 Å². The fourth-order valence-corrected chi connectivity index (χ4v) is 2.37. The minimum Gasteiger partial charge on any atom is -0.334 e. The molecule has 0 aliphatic rings. The van der Waals surface area contributed by atoms with Gasteiger partial charge in [0.05, 0.1) is 5.37 Å². The van der Waals surface area contributed by atoms with Crippen LogP contribution in [0.5, 0.6) is 0 Å². The minimum absolute atomic E-state index is 0.352. The summed E-state index contributed by atoms with van der Waals surface area (Å²) in [6.45, 7) is 1.68. The Bertz CT molecular complexity index is 420. The predicted octanol–water partition coefficient (Wildman–Crippen LogP) is 2.15. The molecule has 0 aliphatic carbocycles. The maximum atomic E-state index is 11.0. The van der Waals surface area contributed by atoms with Crippen molar-refractivity contribution in [2.24, 2.45) is 0 Å². The van der Waals surface area contributed by atoms with E-state index in [1.807, 2.05) is 30.3 Å². The van der Waals surface area contributed by atoms with Gasteiger partial charge < -0.3 is 15.1 Å². The molecule has 0 fully saturated rings. The number of amides is 1. The first-order valence-electron chi connectivity index (χ1n) is 4.91. The SMILES string of the molecule is CC(NC(=O)P(=O)(O)O)SCc1ccccc1. The van der Waals surface area contributed by atoms with Gasteiger partial charge in [-0.3, -0.25) is 4.79 Å². The van der Waals surface area contributed by atoms with Crippen LogP contribution in [0.3, 0.4) is 0 Å². The zero-order valence-corrected chi connectivity index (χ0v) is 10.9. The van der Waals surface area contributed by atoms with E-state index in [0.29, 0.717) is 5.75 Å². The molecular formula is C10H14NO4PS. The van der Waals surface area contributed by atoms with E-state index in [2.05, 4.69) is 5.32 Å². The summed E-state index contributed by atoms with van der Waals surface area (Å²) in [4.78, 5) is 28.2. The average molecular weight is 275 g/mol. The quantitative estimate of drug-likeness (QED) is 0.566. The van der Waals surface area contributed by atoms with Crippen molar-refractivity contribution in [1.29, 1.82) is 0 Å². The van der Waals surface area contributed by atoms with Gasteiger partial charge in [0.15, 0.2) is 0 Å². The highest BCUT2D eigenvalue weighted by molar-refractivity contribution is 7.99. The lowest BCUT2D eigenvalue weighted by Gasteiger charge is -2.13. The van der Waals surface area contributed by atoms with Gasteiger partial charge in [-0.05, 0) is 12.5 Å². The third-order valence-corrected chi connectivity index (χ3v) is 3.71. The van der Waals surface area contributed by atoms with Crippen molar-refractivity contribution in [1.82, 2.24) is 5.32 Å². The molecule has 0 heterocycles. The lowest BCUT2D eigenvalue weighted by atomic mass is 10.2. The standard InChI is InChI=1S/C10H14NO4PS/c1-8(11-10(12)16(13,14)15)17-7-9-5-3-2-4-6-9/h2-6,8H,7H2,1H3,(H,11,12)(H2,13,14,15). The van der Waals surface area contributed by atoms with Crippen molar-refractivity contribution < 1.29 is 19.1 Å². The number of carbonyl (C=O) groups is 1. The van der Waals surface area contributed by atoms with E-state index in [9.17, 15) is 9.36 Å². The summed E-state index contributed by atoms with van der Waals surface area (Å²) >= 11 is 1.40. The summed E-state index contributed by atoms with van der Waals surface area (Å²) in [6, 6.07) is 9.63. The van der Waals surface area contributed by atoms with Gasteiger partial charge >= 0.3 is 13.2 Å². The number of thioether (sulfide) groups is 1. The topological polar surface area (TPSA) is 86.6 Å². The van der Waals surface area contributed by atoms with Gasteiger partial charge in [0.1, 0.15) is 0 Å². The predicted molar refractivity (Wildman–Crippen MR) is 67.8 cm³/mol. The van der Waals surface area contributed by atoms with Crippen LogP contribution in [0.4, 0.5) is 4.79 Å². The molecule has 0 saturated carbocycles. The number of nitrogens with one attached hydrogen (secondary N) is 1. The summed E-state index contributed by atoms with van der Waals surface area (Å²) in [5.41, 5.74) is -0.139. The molecule has 0 aromatic heterocycles. The second-order valence-electron chi connectivity index (χ2n) is 3.43. The Morgan fingerprint density at radius 1 is 1.41 bits per heavy atom. The number of hydrogen-bond acceptors (Lipinski definition) is 3. The van der Waals surface area contributed by atoms with Crippen molar-refractivity contribution in [3.05, 3.63) is 35.9 Å². The van der Waals surface area contributed by atoms with Crippen LogP contribution in [-0.2, 0) is 10.3 Å². The van der Waals surface area contributed by atoms with Crippen LogP contribution in [0.25, 0.3) is 0 Å². The highest BCUT2D eigenvalue weighted by Crippen LogP contribution is 2.35. The lowest BCUT2D eigenvalue weighted by Crippen LogP contribution is -2.28. The fourth-order valence-electron chi connectivity index (χ4n) is 1.10. The highest BCUT2D eigenvalue weighted by Gasteiger charge is 2.26. The van der Waals surface area contributed by atoms with Crippen LogP contribution in [0.2, 0.25) is 0 Å². The normalized spacial score (nSPS) is 13.1. The average Bonchev–Trinajstić information content (AvgIpc) is 2.26. The van der Waals surface area contributed by atoms with E-state index in [1.165, 1.54) is 11.8 Å². The van der Waals surface area contributed by atoms with E-state index in [-0.39, 0.29) is 5.37 Å². The van der Waals surface area contributed by atoms with Gasteiger partial charge in [0.2, 0.25) is 0 Å². The molecule has 0 aliphatic heterocycles. The zero-order chi connectivity index (χ0) is 12.9. The second-order valence-corrected chi connectivity index (χ2v) is 6.26. The zero-order valence-electron chi connectivity index (χ0n) is 9.24. The van der Waals surface area contributed by atoms with Crippen molar-refractivity contribution in [2.75, 3.05) is 0 Å². The number of hydrogen-bond donors (Lipinski definition) is 3. The Balaban J connectivity index is 2.39. The number of rotatable bonds is 5. The first-order valence-corrected chi connectivity index (χ1v) is 7.58. The first-order chi connectivity index (χ1) is 7.89. The Morgan fingerprint density at radius 2 is 2.00 bits per heavy atom. The Morgan fingerprint density at radius 3 is 2.53 bits per heavy atom. The van der Waals surface area contributed by atoms with E-state index in [4.69, 9.17) is 9.79 Å². The van der Waals surface area contributed by atoms with Gasteiger partial charge in [-0.1, -0.05) is 30.3 Å². The van der Waals surface area contributed by atoms with Crippen LogP contribution >= 0.6 is 19.4 Å². The maximum Gasteiger partial charge on any atom is 0.413 e. The van der Waals surface area contributed by atoms with Crippen LogP contribution in [0.1, 0.15) is 12.5 Å². The lowest BCUT2D eigenvalue weighted by molar-refractivity contribution is 0.248. The third kappa shape index (κ3) is 5.37. The fraction of sp³-hybridized carbons (Fsp3) is 0.300. The number of benzene rings is 1. The summed E-state index contributed by atoms with van der Waals surface area (Å²) in [6.07, 6.45) is 0. The molecule has 3 N–H and O–H groups in total. The molecule has 1 atom stereocenters. The third-order valence-electron chi connectivity index (χ3n) is 1.93. The first kappa shape index (κ1) is 14.3. The van der Waals surface area contributed by atoms with Gasteiger partial charge in [0, 0.05) is 5.75 Å². The molecule has 0 radical (unpaired) electrons. The molecule has 1 rings (SSSR count). The van der Waals surface area contributed by atoms with Gasteiger partial charge in [-0.15, -0.1) is 11.8 Å². The van der Waals surface area contributed by atoms with Crippen molar-refractivity contribution in [3.8, 4) is 0 Å². The summed E-state index contributed by atoms with van der Waals surface area (Å²) in [5, 5.41) is 1.90. The molecule has 1 aromatic rings. The van der Waals surface area contributed by atoms with E-state index < -0.39 is 13.2 Å². The maximum absolute atomic E-state index is 11.0. The summed E-state index contributed by atoms with van der Waals surface area (Å²) < 4.78 is 10.6. The van der Waals surface area contributed by atoms with Gasteiger partial charge in [-0.25, -0.2) is 4.57 Å². The molecule has 1 aromatic carbocycles. The molecule has 1 amide bonds. The molecular weight excluding hydrogens is 261 g/mol. The van der Waals surface area contributed by atoms with Gasteiger partial charge in [0.25, 0.3) is 0 Å². The Kier molecular flexibility index (Phi) is 5.21. The van der Waals surface area contributed by atoms with E-state index >= 15 is 0 Å². The van der Waals surface area contributed by atoms with Crippen LogP contribution in [0, 0.1) is 0 Å². The van der Waals surface area contributed by atoms with Crippen LogP contribution in [-0.4, -0.2) is 20.8 Å². The smallest absolute Gasteiger partial charge is 0.334 e. The molecule has 5 nitrogen and oxygen atoms in total. The summed E-state index contributed by atoms with van der Waals surface area (Å²) in [5.74, 6) is 0.670. The molecule has 1 unspecified atom stereocenters. The summed E-state index contributed by atoms with van der Waals surface area (Å²) in [7, 11) is -4.67. The Labute approximate surface area is 104 Å². The van der Waals surface area contributed by atoms with E-state index in [1.54, 1.807) is 6.92 Å². The molecule has 0 bridgehead atoms. The second kappa shape index (κ2) is 6.21. The number of carbonyl (C=O) groups excluding carboxylic acids is 1. The van der Waals surface area contributed by atoms with Crippen molar-refractivity contribution >= 4 is 25.0 Å². The van der Waals surface area contributed by atoms with Gasteiger partial charge in [-0.2, -0.15) is 0 Å². The molecule has 94 valence electrons.